The minimum atomic E-state index is -4.43. The number of esters is 1. The topological polar surface area (TPSA) is 180 Å². The molecular formula is C30H37FN5O8P. The molecule has 5 N–H and O–H groups in total. The largest absolute Gasteiger partial charge is 0.465 e. The molecule has 0 saturated carbocycles. The van der Waals surface area contributed by atoms with Gasteiger partial charge in [0.2, 0.25) is 0 Å². The Morgan fingerprint density at radius 3 is 2.73 bits per heavy atom. The normalized spacial score (nSPS) is 24.4. The summed E-state index contributed by atoms with van der Waals surface area (Å²) in [5.41, 5.74) is 3.88. The van der Waals surface area contributed by atoms with Gasteiger partial charge in [-0.2, -0.15) is 5.09 Å². The summed E-state index contributed by atoms with van der Waals surface area (Å²) < 4.78 is 53.8. The van der Waals surface area contributed by atoms with Crippen molar-refractivity contribution in [2.75, 3.05) is 12.3 Å². The molecule has 0 spiro atoms. The SMILES string of the molecule is CCCCOC(=O)[C@H](C)NP(=O)(Oc1cccc2ccccc12)OC(C)[C@H]1O[C@@H](n2cc(F)c3c(N)ncnc32)[C@](C)(O)[C@@H]1O. The van der Waals surface area contributed by atoms with Crippen LogP contribution in [0.1, 0.15) is 46.8 Å². The first-order valence-corrected chi connectivity index (χ1v) is 16.1. The zero-order valence-electron chi connectivity index (χ0n) is 25.3. The number of carbonyl (C=O) groups excluding carboxylic acids is 1. The summed E-state index contributed by atoms with van der Waals surface area (Å²) in [6.07, 6.45) is -1.83. The Bertz CT molecular complexity index is 1730. The molecule has 3 heterocycles. The number of nitrogens with two attached hydrogens (primary N) is 1. The van der Waals surface area contributed by atoms with E-state index in [1.54, 1.807) is 24.3 Å². The molecule has 0 radical (unpaired) electrons. The summed E-state index contributed by atoms with van der Waals surface area (Å²) >= 11 is 0. The first-order chi connectivity index (χ1) is 21.4. The van der Waals surface area contributed by atoms with E-state index in [1.807, 2.05) is 25.1 Å². The van der Waals surface area contributed by atoms with Crippen molar-refractivity contribution >= 4 is 41.3 Å². The van der Waals surface area contributed by atoms with Crippen molar-refractivity contribution in [1.29, 1.82) is 0 Å². The van der Waals surface area contributed by atoms with Crippen LogP contribution in [0.5, 0.6) is 5.75 Å². The number of anilines is 1. The maximum atomic E-state index is 14.8. The third-order valence-corrected chi connectivity index (χ3v) is 9.48. The van der Waals surface area contributed by atoms with Gasteiger partial charge in [0.15, 0.2) is 17.7 Å². The highest BCUT2D eigenvalue weighted by molar-refractivity contribution is 7.52. The van der Waals surface area contributed by atoms with Gasteiger partial charge in [0.1, 0.15) is 41.7 Å². The van der Waals surface area contributed by atoms with Gasteiger partial charge in [0.05, 0.1) is 18.1 Å². The Morgan fingerprint density at radius 1 is 1.24 bits per heavy atom. The summed E-state index contributed by atoms with van der Waals surface area (Å²) in [5.74, 6) is -1.30. The lowest BCUT2D eigenvalue weighted by atomic mass is 9.94. The average Bonchev–Trinajstić information content (AvgIpc) is 3.45. The minimum Gasteiger partial charge on any atom is -0.465 e. The van der Waals surface area contributed by atoms with Gasteiger partial charge in [-0.15, -0.1) is 0 Å². The molecule has 1 aliphatic rings. The summed E-state index contributed by atoms with van der Waals surface area (Å²) in [7, 11) is -4.43. The maximum Gasteiger partial charge on any atom is 0.459 e. The van der Waals surface area contributed by atoms with E-state index in [0.717, 1.165) is 24.3 Å². The zero-order valence-corrected chi connectivity index (χ0v) is 26.2. The molecule has 5 rings (SSSR count). The molecule has 1 saturated heterocycles. The number of nitrogen functional groups attached to an aromatic ring is 1. The first kappa shape index (κ1) is 32.7. The van der Waals surface area contributed by atoms with E-state index in [4.69, 9.17) is 24.3 Å². The number of unbranched alkanes of at least 4 members (excludes halogenated alkanes) is 1. The summed E-state index contributed by atoms with van der Waals surface area (Å²) in [5, 5.41) is 26.6. The Labute approximate surface area is 259 Å². The van der Waals surface area contributed by atoms with Crippen LogP contribution >= 0.6 is 7.75 Å². The maximum absolute atomic E-state index is 14.8. The quantitative estimate of drug-likeness (QED) is 0.0980. The van der Waals surface area contributed by atoms with Crippen molar-refractivity contribution in [3.63, 3.8) is 0 Å². The van der Waals surface area contributed by atoms with E-state index in [0.29, 0.717) is 11.8 Å². The molecule has 4 aromatic rings. The lowest BCUT2D eigenvalue weighted by Crippen LogP contribution is -2.46. The lowest BCUT2D eigenvalue weighted by Gasteiger charge is -2.30. The number of halogens is 1. The number of hydrogen-bond acceptors (Lipinski definition) is 11. The van der Waals surface area contributed by atoms with Gasteiger partial charge in [-0.1, -0.05) is 49.7 Å². The first-order valence-electron chi connectivity index (χ1n) is 14.6. The molecule has 45 heavy (non-hydrogen) atoms. The van der Waals surface area contributed by atoms with Crippen LogP contribution in [0.2, 0.25) is 0 Å². The predicted molar refractivity (Wildman–Crippen MR) is 164 cm³/mol. The number of nitrogens with zero attached hydrogens (tertiary/aromatic N) is 3. The second kappa shape index (κ2) is 13.0. The molecule has 0 bridgehead atoms. The van der Waals surface area contributed by atoms with Crippen molar-refractivity contribution in [3.05, 3.63) is 60.8 Å². The van der Waals surface area contributed by atoms with E-state index in [2.05, 4.69) is 15.1 Å². The van der Waals surface area contributed by atoms with Gasteiger partial charge in [-0.3, -0.25) is 13.9 Å². The minimum absolute atomic E-state index is 0.0359. The molecule has 0 aliphatic carbocycles. The standard InChI is InChI=1S/C30H37FN5O8P/c1-5-6-14-41-28(38)17(2)35-45(40,44-22-13-9-11-19-10-7-8-12-20(19)22)43-18(3)24-25(37)30(4,39)29(42-24)36-15-21(31)23-26(32)33-16-34-27(23)36/h7-13,15-18,24-25,29,37,39H,5-6,14H2,1-4H3,(H,35,40)(H2,32,33,34)/t17-,18?,24+,25+,29+,30+,45?/m0/s1. The molecule has 1 fully saturated rings. The highest BCUT2D eigenvalue weighted by atomic mass is 31.2. The number of aromatic nitrogens is 3. The smallest absolute Gasteiger partial charge is 0.459 e. The Kier molecular flexibility index (Phi) is 9.45. The molecular weight excluding hydrogens is 608 g/mol. The van der Waals surface area contributed by atoms with Crippen molar-refractivity contribution in [3.8, 4) is 5.75 Å². The predicted octanol–water partition coefficient (Wildman–Crippen LogP) is 4.23. The van der Waals surface area contributed by atoms with Crippen molar-refractivity contribution in [2.45, 2.75) is 76.7 Å². The van der Waals surface area contributed by atoms with Gasteiger partial charge in [0, 0.05) is 11.6 Å². The zero-order chi connectivity index (χ0) is 32.5. The highest BCUT2D eigenvalue weighted by Crippen LogP contribution is 2.50. The number of rotatable bonds is 12. The third kappa shape index (κ3) is 6.53. The highest BCUT2D eigenvalue weighted by Gasteiger charge is 2.56. The number of aliphatic hydroxyl groups excluding tert-OH is 1. The second-order valence-electron chi connectivity index (χ2n) is 11.2. The summed E-state index contributed by atoms with van der Waals surface area (Å²) in [4.78, 5) is 20.6. The van der Waals surface area contributed by atoms with Crippen LogP contribution in [-0.2, 0) is 23.4 Å². The molecule has 1 aliphatic heterocycles. The molecule has 2 aromatic carbocycles. The third-order valence-electron chi connectivity index (χ3n) is 7.72. The van der Waals surface area contributed by atoms with Crippen molar-refractivity contribution < 1.29 is 42.5 Å². The summed E-state index contributed by atoms with van der Waals surface area (Å²) in [6, 6.07) is 11.3. The molecule has 0 amide bonds. The van der Waals surface area contributed by atoms with E-state index < -0.39 is 55.7 Å². The van der Waals surface area contributed by atoms with Crippen molar-refractivity contribution in [1.82, 2.24) is 19.6 Å². The average molecular weight is 646 g/mol. The molecule has 7 atom stereocenters. The van der Waals surface area contributed by atoms with Crippen LogP contribution in [0.4, 0.5) is 10.2 Å². The van der Waals surface area contributed by atoms with Gasteiger partial charge < -0.3 is 29.9 Å². The van der Waals surface area contributed by atoms with Gasteiger partial charge in [-0.05, 0) is 38.6 Å². The van der Waals surface area contributed by atoms with Crippen molar-refractivity contribution in [2.24, 2.45) is 0 Å². The number of nitrogens with one attached hydrogen (secondary N) is 1. The van der Waals surface area contributed by atoms with Crippen LogP contribution in [-0.4, -0.2) is 67.3 Å². The van der Waals surface area contributed by atoms with E-state index >= 15 is 0 Å². The Morgan fingerprint density at radius 2 is 1.98 bits per heavy atom. The number of ether oxygens (including phenoxy) is 2. The van der Waals surface area contributed by atoms with Crippen LogP contribution in [0, 0.1) is 5.82 Å². The Balaban J connectivity index is 1.44. The monoisotopic (exact) mass is 645 g/mol. The van der Waals surface area contributed by atoms with Gasteiger partial charge >= 0.3 is 13.7 Å². The molecule has 13 nitrogen and oxygen atoms in total. The van der Waals surface area contributed by atoms with E-state index in [1.165, 1.54) is 25.3 Å². The van der Waals surface area contributed by atoms with Crippen LogP contribution in [0.15, 0.2) is 55.0 Å². The van der Waals surface area contributed by atoms with Crippen LogP contribution in [0.3, 0.4) is 0 Å². The molecule has 2 unspecified atom stereocenters. The number of benzene rings is 2. The van der Waals surface area contributed by atoms with E-state index in [-0.39, 0.29) is 29.2 Å². The Hall–Kier alpha value is -3.65. The number of aliphatic hydroxyl groups is 2. The lowest BCUT2D eigenvalue weighted by molar-refractivity contribution is -0.145. The fraction of sp³-hybridized carbons (Fsp3) is 0.433. The summed E-state index contributed by atoms with van der Waals surface area (Å²) in [6.45, 7) is 6.38. The van der Waals surface area contributed by atoms with Crippen LogP contribution < -0.4 is 15.3 Å². The molecule has 15 heteroatoms. The number of hydrogen-bond donors (Lipinski definition) is 4. The fourth-order valence-electron chi connectivity index (χ4n) is 5.29. The van der Waals surface area contributed by atoms with E-state index in [9.17, 15) is 24.0 Å². The van der Waals surface area contributed by atoms with Crippen LogP contribution in [0.25, 0.3) is 21.8 Å². The fourth-order valence-corrected chi connectivity index (χ4v) is 7.00. The molecule has 2 aromatic heterocycles. The number of carbonyl (C=O) groups is 1. The molecule has 242 valence electrons. The van der Waals surface area contributed by atoms with Gasteiger partial charge in [0.25, 0.3) is 0 Å². The van der Waals surface area contributed by atoms with Gasteiger partial charge in [-0.25, -0.2) is 18.9 Å². The second-order valence-corrected chi connectivity index (χ2v) is 12.9. The number of fused-ring (bicyclic) bond motifs is 2.